The third kappa shape index (κ3) is 4.81. The topological polar surface area (TPSA) is 34.1 Å². The van der Waals surface area contributed by atoms with E-state index in [1.165, 1.54) is 4.90 Å². The van der Waals surface area contributed by atoms with Crippen molar-refractivity contribution in [3.63, 3.8) is 0 Å². The highest BCUT2D eigenvalue weighted by Crippen LogP contribution is 2.20. The van der Waals surface area contributed by atoms with E-state index in [0.717, 1.165) is 23.0 Å². The van der Waals surface area contributed by atoms with Crippen molar-refractivity contribution < 1.29 is 4.74 Å². The average Bonchev–Trinajstić information content (AvgIpc) is 2.91. The van der Waals surface area contributed by atoms with E-state index in [0.29, 0.717) is 12.6 Å². The number of thiazole rings is 1. The number of aromatic nitrogens is 1. The van der Waals surface area contributed by atoms with E-state index in [4.69, 9.17) is 4.74 Å². The van der Waals surface area contributed by atoms with Crippen LogP contribution in [0.3, 0.4) is 0 Å². The van der Waals surface area contributed by atoms with Crippen molar-refractivity contribution in [3.05, 3.63) is 40.3 Å². The Labute approximate surface area is 128 Å². The van der Waals surface area contributed by atoms with Gasteiger partial charge in [0, 0.05) is 22.9 Å². The number of rotatable bonds is 7. The van der Waals surface area contributed by atoms with Gasteiger partial charge in [-0.25, -0.2) is 4.98 Å². The normalized spacial score (nSPS) is 11.0. The second-order valence-corrected chi connectivity index (χ2v) is 6.55. The van der Waals surface area contributed by atoms with E-state index < -0.39 is 0 Å². The highest BCUT2D eigenvalue weighted by molar-refractivity contribution is 7.98. The van der Waals surface area contributed by atoms with Crippen molar-refractivity contribution in [2.75, 3.05) is 6.26 Å². The molecule has 1 aromatic carbocycles. The molecule has 0 fully saturated rings. The van der Waals surface area contributed by atoms with Gasteiger partial charge in [-0.15, -0.1) is 23.1 Å². The number of ether oxygens (including phenoxy) is 1. The second-order valence-electron chi connectivity index (χ2n) is 4.73. The minimum Gasteiger partial charge on any atom is -0.487 e. The van der Waals surface area contributed by atoms with E-state index in [-0.39, 0.29) is 0 Å². The third-order valence-corrected chi connectivity index (χ3v) is 4.35. The lowest BCUT2D eigenvalue weighted by molar-refractivity contribution is 0.301. The summed E-state index contributed by atoms with van der Waals surface area (Å²) < 4.78 is 5.74. The highest BCUT2D eigenvalue weighted by Gasteiger charge is 2.04. The van der Waals surface area contributed by atoms with E-state index in [9.17, 15) is 0 Å². The van der Waals surface area contributed by atoms with Crippen molar-refractivity contribution in [2.24, 2.45) is 0 Å². The number of thioether (sulfide) groups is 1. The summed E-state index contributed by atoms with van der Waals surface area (Å²) in [5, 5.41) is 6.54. The molecule has 0 aliphatic carbocycles. The van der Waals surface area contributed by atoms with Gasteiger partial charge in [0.2, 0.25) is 0 Å². The van der Waals surface area contributed by atoms with Gasteiger partial charge in [-0.3, -0.25) is 0 Å². The SMILES string of the molecule is CSc1ccc(OCc2csc(CNC(C)C)n2)cc1. The van der Waals surface area contributed by atoms with Gasteiger partial charge in [-0.05, 0) is 30.5 Å². The van der Waals surface area contributed by atoms with Crippen LogP contribution in [-0.2, 0) is 13.2 Å². The zero-order chi connectivity index (χ0) is 14.4. The molecule has 20 heavy (non-hydrogen) atoms. The van der Waals surface area contributed by atoms with Gasteiger partial charge in [-0.1, -0.05) is 13.8 Å². The highest BCUT2D eigenvalue weighted by atomic mass is 32.2. The van der Waals surface area contributed by atoms with Gasteiger partial charge in [-0.2, -0.15) is 0 Å². The van der Waals surface area contributed by atoms with Gasteiger partial charge in [0.05, 0.1) is 5.69 Å². The molecular formula is C15H20N2OS2. The summed E-state index contributed by atoms with van der Waals surface area (Å²) in [5.41, 5.74) is 0.990. The van der Waals surface area contributed by atoms with Gasteiger partial charge in [0.15, 0.2) is 0 Å². The van der Waals surface area contributed by atoms with Crippen molar-refractivity contribution in [1.82, 2.24) is 10.3 Å². The molecule has 0 atom stereocenters. The first kappa shape index (κ1) is 15.4. The van der Waals surface area contributed by atoms with Crippen LogP contribution in [-0.4, -0.2) is 17.3 Å². The molecule has 0 aliphatic heterocycles. The number of hydrogen-bond acceptors (Lipinski definition) is 5. The van der Waals surface area contributed by atoms with Crippen LogP contribution in [0.2, 0.25) is 0 Å². The van der Waals surface area contributed by atoms with Crippen LogP contribution >= 0.6 is 23.1 Å². The quantitative estimate of drug-likeness (QED) is 0.786. The van der Waals surface area contributed by atoms with E-state index in [1.54, 1.807) is 23.1 Å². The molecular weight excluding hydrogens is 288 g/mol. The van der Waals surface area contributed by atoms with E-state index in [2.05, 4.69) is 47.9 Å². The molecule has 3 nitrogen and oxygen atoms in total. The van der Waals surface area contributed by atoms with Gasteiger partial charge in [0.25, 0.3) is 0 Å². The summed E-state index contributed by atoms with van der Waals surface area (Å²) >= 11 is 3.41. The van der Waals surface area contributed by atoms with Crippen LogP contribution in [0.5, 0.6) is 5.75 Å². The number of nitrogens with one attached hydrogen (secondary N) is 1. The van der Waals surface area contributed by atoms with Crippen molar-refractivity contribution in [2.45, 2.75) is 37.9 Å². The summed E-state index contributed by atoms with van der Waals surface area (Å²) in [6.07, 6.45) is 2.07. The zero-order valence-corrected chi connectivity index (χ0v) is 13.7. The first-order chi connectivity index (χ1) is 9.67. The molecule has 0 aliphatic rings. The smallest absolute Gasteiger partial charge is 0.131 e. The van der Waals surface area contributed by atoms with Crippen molar-refractivity contribution >= 4 is 23.1 Å². The molecule has 5 heteroatoms. The fourth-order valence-corrected chi connectivity index (χ4v) is 2.75. The summed E-state index contributed by atoms with van der Waals surface area (Å²) in [4.78, 5) is 5.80. The second kappa shape index (κ2) is 7.67. The number of hydrogen-bond donors (Lipinski definition) is 1. The molecule has 108 valence electrons. The van der Waals surface area contributed by atoms with E-state index >= 15 is 0 Å². The molecule has 0 saturated heterocycles. The summed E-state index contributed by atoms with van der Waals surface area (Å²) in [6.45, 7) is 5.62. The lowest BCUT2D eigenvalue weighted by Crippen LogP contribution is -2.21. The minimum atomic E-state index is 0.480. The molecule has 0 spiro atoms. The summed E-state index contributed by atoms with van der Waals surface area (Å²) in [6, 6.07) is 8.62. The summed E-state index contributed by atoms with van der Waals surface area (Å²) in [5.74, 6) is 0.887. The first-order valence-electron chi connectivity index (χ1n) is 6.61. The molecule has 0 bridgehead atoms. The van der Waals surface area contributed by atoms with Crippen molar-refractivity contribution in [3.8, 4) is 5.75 Å². The molecule has 2 rings (SSSR count). The molecule has 0 radical (unpaired) electrons. The van der Waals surface area contributed by atoms with Crippen LogP contribution in [0.1, 0.15) is 24.5 Å². The minimum absolute atomic E-state index is 0.480. The number of nitrogens with zero attached hydrogens (tertiary/aromatic N) is 1. The van der Waals surface area contributed by atoms with Crippen LogP contribution in [0.15, 0.2) is 34.5 Å². The lowest BCUT2D eigenvalue weighted by atomic mass is 10.3. The fourth-order valence-electron chi connectivity index (χ4n) is 1.62. The number of benzene rings is 1. The standard InChI is InChI=1S/C15H20N2OS2/c1-11(2)16-8-15-17-12(10-20-15)9-18-13-4-6-14(19-3)7-5-13/h4-7,10-11,16H,8-9H2,1-3H3. The Hall–Kier alpha value is -1.04. The molecule has 0 amide bonds. The maximum atomic E-state index is 5.74. The Bertz CT molecular complexity index is 523. The Morgan fingerprint density at radius 3 is 2.70 bits per heavy atom. The lowest BCUT2D eigenvalue weighted by Gasteiger charge is -2.05. The molecule has 1 aromatic heterocycles. The zero-order valence-electron chi connectivity index (χ0n) is 12.1. The molecule has 0 unspecified atom stereocenters. The van der Waals surface area contributed by atoms with Crippen molar-refractivity contribution in [1.29, 1.82) is 0 Å². The predicted molar refractivity (Wildman–Crippen MR) is 86.6 cm³/mol. The molecule has 1 N–H and O–H groups in total. The fraction of sp³-hybridized carbons (Fsp3) is 0.400. The van der Waals surface area contributed by atoms with Gasteiger partial charge >= 0.3 is 0 Å². The van der Waals surface area contributed by atoms with Crippen LogP contribution < -0.4 is 10.1 Å². The van der Waals surface area contributed by atoms with E-state index in [1.807, 2.05) is 12.1 Å². The summed E-state index contributed by atoms with van der Waals surface area (Å²) in [7, 11) is 0. The Balaban J connectivity index is 1.84. The largest absolute Gasteiger partial charge is 0.487 e. The Morgan fingerprint density at radius 1 is 1.30 bits per heavy atom. The maximum absolute atomic E-state index is 5.74. The average molecular weight is 308 g/mol. The van der Waals surface area contributed by atoms with Gasteiger partial charge in [0.1, 0.15) is 17.4 Å². The molecule has 0 saturated carbocycles. The van der Waals surface area contributed by atoms with Gasteiger partial charge < -0.3 is 10.1 Å². The maximum Gasteiger partial charge on any atom is 0.131 e. The Morgan fingerprint density at radius 2 is 2.05 bits per heavy atom. The Kier molecular flexibility index (Phi) is 5.88. The van der Waals surface area contributed by atoms with Crippen LogP contribution in [0, 0.1) is 0 Å². The third-order valence-electron chi connectivity index (χ3n) is 2.71. The first-order valence-corrected chi connectivity index (χ1v) is 8.71. The molecule has 1 heterocycles. The predicted octanol–water partition coefficient (Wildman–Crippen LogP) is 3.94. The monoisotopic (exact) mass is 308 g/mol. The molecule has 2 aromatic rings. The van der Waals surface area contributed by atoms with Crippen LogP contribution in [0.4, 0.5) is 0 Å². The van der Waals surface area contributed by atoms with Crippen LogP contribution in [0.25, 0.3) is 0 Å².